The van der Waals surface area contributed by atoms with Crippen molar-refractivity contribution in [3.63, 3.8) is 0 Å². The fourth-order valence-corrected chi connectivity index (χ4v) is 4.62. The molecule has 1 N–H and O–H groups in total. The molecular weight excluding hydrogens is 416 g/mol. The highest BCUT2D eigenvalue weighted by molar-refractivity contribution is 6.45. The van der Waals surface area contributed by atoms with Crippen LogP contribution in [0.1, 0.15) is 16.7 Å². The number of aryl methyl sites for hydroxylation is 2. The summed E-state index contributed by atoms with van der Waals surface area (Å²) in [5.41, 5.74) is 5.43. The summed E-state index contributed by atoms with van der Waals surface area (Å²) in [7, 11) is 3.91. The van der Waals surface area contributed by atoms with Crippen LogP contribution in [-0.4, -0.2) is 80.1 Å². The van der Waals surface area contributed by atoms with Crippen LogP contribution in [0, 0.1) is 13.8 Å². The summed E-state index contributed by atoms with van der Waals surface area (Å²) in [6, 6.07) is 13.5. The molecule has 0 radical (unpaired) electrons. The van der Waals surface area contributed by atoms with Crippen molar-refractivity contribution in [3.05, 3.63) is 64.9 Å². The molecule has 2 aliphatic heterocycles. The normalized spacial score (nSPS) is 17.4. The number of carbonyl (C=O) groups is 2. The Morgan fingerprint density at radius 3 is 2.15 bits per heavy atom. The van der Waals surface area contributed by atoms with E-state index in [0.717, 1.165) is 35.5 Å². The predicted molar refractivity (Wildman–Crippen MR) is 131 cm³/mol. The van der Waals surface area contributed by atoms with E-state index in [1.54, 1.807) is 0 Å². The molecular formula is C26H32N4O3. The first-order chi connectivity index (χ1) is 15.8. The summed E-state index contributed by atoms with van der Waals surface area (Å²) < 4.78 is 0. The molecule has 33 heavy (non-hydrogen) atoms. The van der Waals surface area contributed by atoms with Gasteiger partial charge in [0.1, 0.15) is 5.70 Å². The first-order valence-electron chi connectivity index (χ1n) is 11.4. The molecule has 0 aliphatic carbocycles. The number of imide groups is 1. The molecule has 0 atom stereocenters. The van der Waals surface area contributed by atoms with E-state index in [-0.39, 0.29) is 18.4 Å². The zero-order valence-electron chi connectivity index (χ0n) is 19.8. The van der Waals surface area contributed by atoms with Gasteiger partial charge in [0.2, 0.25) is 0 Å². The number of rotatable bonds is 6. The van der Waals surface area contributed by atoms with Crippen LogP contribution in [0.15, 0.2) is 48.2 Å². The average molecular weight is 449 g/mol. The lowest BCUT2D eigenvalue weighted by Gasteiger charge is -2.36. The zero-order valence-corrected chi connectivity index (χ0v) is 19.8. The quantitative estimate of drug-likeness (QED) is 0.684. The van der Waals surface area contributed by atoms with Crippen molar-refractivity contribution < 1.29 is 14.7 Å². The second-order valence-electron chi connectivity index (χ2n) is 8.95. The fourth-order valence-electron chi connectivity index (χ4n) is 4.62. The number of carbonyl (C=O) groups excluding carboxylic acids is 2. The van der Waals surface area contributed by atoms with Gasteiger partial charge in [-0.15, -0.1) is 0 Å². The van der Waals surface area contributed by atoms with Gasteiger partial charge in [-0.1, -0.05) is 23.8 Å². The molecule has 0 saturated carbocycles. The number of aliphatic hydroxyl groups excluding tert-OH is 1. The van der Waals surface area contributed by atoms with Gasteiger partial charge >= 0.3 is 0 Å². The van der Waals surface area contributed by atoms with Gasteiger partial charge < -0.3 is 14.9 Å². The van der Waals surface area contributed by atoms with Gasteiger partial charge in [-0.05, 0) is 49.2 Å². The smallest absolute Gasteiger partial charge is 0.282 e. The van der Waals surface area contributed by atoms with Crippen molar-refractivity contribution in [3.8, 4) is 0 Å². The molecule has 2 aromatic rings. The van der Waals surface area contributed by atoms with Gasteiger partial charge in [-0.3, -0.25) is 14.5 Å². The highest BCUT2D eigenvalue weighted by Gasteiger charge is 2.43. The molecule has 0 spiro atoms. The van der Waals surface area contributed by atoms with Gasteiger partial charge in [-0.2, -0.15) is 0 Å². The number of nitrogens with zero attached hydrogens (tertiary/aromatic N) is 4. The molecule has 7 nitrogen and oxygen atoms in total. The van der Waals surface area contributed by atoms with Crippen molar-refractivity contribution >= 4 is 28.8 Å². The minimum atomic E-state index is -0.280. The Morgan fingerprint density at radius 2 is 1.58 bits per heavy atom. The van der Waals surface area contributed by atoms with E-state index in [0.29, 0.717) is 36.6 Å². The Balaban J connectivity index is 1.75. The van der Waals surface area contributed by atoms with Gasteiger partial charge in [-0.25, -0.2) is 4.90 Å². The summed E-state index contributed by atoms with van der Waals surface area (Å²) >= 11 is 0. The maximum Gasteiger partial charge on any atom is 0.282 e. The molecule has 2 heterocycles. The molecule has 2 amide bonds. The number of piperazine rings is 1. The molecule has 0 aromatic heterocycles. The van der Waals surface area contributed by atoms with Crippen LogP contribution in [-0.2, 0) is 9.59 Å². The van der Waals surface area contributed by atoms with E-state index in [9.17, 15) is 14.7 Å². The van der Waals surface area contributed by atoms with Crippen molar-refractivity contribution in [2.24, 2.45) is 0 Å². The topological polar surface area (TPSA) is 67.3 Å². The molecule has 2 aromatic carbocycles. The second kappa shape index (κ2) is 9.37. The number of benzene rings is 2. The zero-order chi connectivity index (χ0) is 23.7. The third-order valence-corrected chi connectivity index (χ3v) is 6.44. The molecule has 7 heteroatoms. The molecule has 1 fully saturated rings. The number of hydrogen-bond donors (Lipinski definition) is 1. The average Bonchev–Trinajstić information content (AvgIpc) is 3.04. The molecule has 0 unspecified atom stereocenters. The minimum absolute atomic E-state index is 0.116. The van der Waals surface area contributed by atoms with Crippen LogP contribution < -0.4 is 9.80 Å². The second-order valence-corrected chi connectivity index (χ2v) is 8.95. The van der Waals surface area contributed by atoms with Gasteiger partial charge in [0.05, 0.1) is 17.9 Å². The lowest BCUT2D eigenvalue weighted by molar-refractivity contribution is -0.120. The third kappa shape index (κ3) is 4.38. The van der Waals surface area contributed by atoms with Gasteiger partial charge in [0, 0.05) is 52.5 Å². The fraction of sp³-hybridized carbons (Fsp3) is 0.385. The van der Waals surface area contributed by atoms with Crippen LogP contribution in [0.4, 0.5) is 11.4 Å². The van der Waals surface area contributed by atoms with E-state index >= 15 is 0 Å². The Morgan fingerprint density at radius 1 is 0.909 bits per heavy atom. The van der Waals surface area contributed by atoms with Crippen LogP contribution in [0.2, 0.25) is 0 Å². The van der Waals surface area contributed by atoms with E-state index in [4.69, 9.17) is 0 Å². The summed E-state index contributed by atoms with van der Waals surface area (Å²) in [6.45, 7) is 7.49. The van der Waals surface area contributed by atoms with E-state index < -0.39 is 0 Å². The summed E-state index contributed by atoms with van der Waals surface area (Å²) in [5.74, 6) is -0.555. The number of β-amino-alcohol motifs (C(OH)–C–C–N with tert-alkyl or cyclic N) is 1. The molecule has 174 valence electrons. The standard InChI is InChI=1S/C26H32N4O3/c1-18-5-10-22(19(2)17-18)23-24(29-13-11-28(12-14-29)15-16-31)26(33)30(25(23)32)21-8-6-20(7-9-21)27(3)4/h5-10,17,31H,11-16H2,1-4H3. The first kappa shape index (κ1) is 23.0. The lowest BCUT2D eigenvalue weighted by Crippen LogP contribution is -2.48. The molecule has 4 rings (SSSR count). The Hall–Kier alpha value is -3.16. The largest absolute Gasteiger partial charge is 0.395 e. The highest BCUT2D eigenvalue weighted by atomic mass is 16.3. The molecule has 2 aliphatic rings. The van der Waals surface area contributed by atoms with Crippen molar-refractivity contribution in [1.29, 1.82) is 0 Å². The van der Waals surface area contributed by atoms with E-state index in [2.05, 4.69) is 4.90 Å². The monoisotopic (exact) mass is 448 g/mol. The Kier molecular flexibility index (Phi) is 6.54. The SMILES string of the molecule is Cc1ccc(C2=C(N3CCN(CCO)CC3)C(=O)N(c3ccc(N(C)C)cc3)C2=O)c(C)c1. The Bertz CT molecular complexity index is 1080. The van der Waals surface area contributed by atoms with Crippen LogP contribution in [0.3, 0.4) is 0 Å². The number of aliphatic hydroxyl groups is 1. The van der Waals surface area contributed by atoms with Crippen molar-refractivity contribution in [2.75, 3.05) is 63.2 Å². The highest BCUT2D eigenvalue weighted by Crippen LogP contribution is 2.37. The van der Waals surface area contributed by atoms with Gasteiger partial charge in [0.25, 0.3) is 11.8 Å². The van der Waals surface area contributed by atoms with Crippen LogP contribution >= 0.6 is 0 Å². The van der Waals surface area contributed by atoms with Crippen LogP contribution in [0.25, 0.3) is 5.57 Å². The Labute approximate surface area is 195 Å². The van der Waals surface area contributed by atoms with E-state index in [1.807, 2.05) is 80.2 Å². The summed E-state index contributed by atoms with van der Waals surface area (Å²) in [6.07, 6.45) is 0. The van der Waals surface area contributed by atoms with E-state index in [1.165, 1.54) is 4.90 Å². The summed E-state index contributed by atoms with van der Waals surface area (Å²) in [5, 5.41) is 9.26. The van der Waals surface area contributed by atoms with Gasteiger partial charge in [0.15, 0.2) is 0 Å². The van der Waals surface area contributed by atoms with Crippen molar-refractivity contribution in [1.82, 2.24) is 9.80 Å². The first-order valence-corrected chi connectivity index (χ1v) is 11.4. The molecule has 1 saturated heterocycles. The number of hydrogen-bond acceptors (Lipinski definition) is 6. The predicted octanol–water partition coefficient (Wildman–Crippen LogP) is 2.26. The number of amides is 2. The van der Waals surface area contributed by atoms with Crippen molar-refractivity contribution in [2.45, 2.75) is 13.8 Å². The third-order valence-electron chi connectivity index (χ3n) is 6.44. The lowest BCUT2D eigenvalue weighted by atomic mass is 9.97. The number of anilines is 2. The molecule has 0 bridgehead atoms. The summed E-state index contributed by atoms with van der Waals surface area (Å²) in [4.78, 5) is 35.0. The maximum atomic E-state index is 13.8. The minimum Gasteiger partial charge on any atom is -0.395 e. The van der Waals surface area contributed by atoms with Crippen LogP contribution in [0.5, 0.6) is 0 Å². The maximum absolute atomic E-state index is 13.8.